The molecule has 1 saturated heterocycles. The van der Waals surface area contributed by atoms with Crippen LogP contribution in [-0.4, -0.2) is 48.4 Å². The van der Waals surface area contributed by atoms with Gasteiger partial charge < -0.3 is 4.90 Å². The average Bonchev–Trinajstić information content (AvgIpc) is 2.92. The fourth-order valence-electron chi connectivity index (χ4n) is 2.65. The monoisotopic (exact) mass is 348 g/mol. The van der Waals surface area contributed by atoms with E-state index in [1.807, 2.05) is 0 Å². The number of thiazole rings is 1. The number of hydrogen-bond acceptors (Lipinski definition) is 5. The highest BCUT2D eigenvalue weighted by Crippen LogP contribution is 2.26. The molecule has 6 nitrogen and oxygen atoms in total. The van der Waals surface area contributed by atoms with E-state index in [-0.39, 0.29) is 16.2 Å². The van der Waals surface area contributed by atoms with Crippen LogP contribution >= 0.6 is 22.9 Å². The Kier molecular flexibility index (Phi) is 4.00. The molecule has 0 aliphatic carbocycles. The highest BCUT2D eigenvalue weighted by Gasteiger charge is 2.30. The second kappa shape index (κ2) is 5.51. The van der Waals surface area contributed by atoms with E-state index in [1.165, 1.54) is 15.7 Å². The van der Waals surface area contributed by atoms with E-state index in [0.717, 1.165) is 19.4 Å². The van der Waals surface area contributed by atoms with E-state index in [1.54, 1.807) is 11.6 Å². The van der Waals surface area contributed by atoms with Gasteiger partial charge in [-0.05, 0) is 33.4 Å². The maximum atomic E-state index is 12.6. The summed E-state index contributed by atoms with van der Waals surface area (Å²) in [4.78, 5) is 6.89. The molecule has 3 rings (SSSR count). The molecule has 0 aromatic carbocycles. The minimum Gasteiger partial charge on any atom is -0.304 e. The zero-order chi connectivity index (χ0) is 15.2. The summed E-state index contributed by atoms with van der Waals surface area (Å²) in [6.45, 7) is 2.98. The van der Waals surface area contributed by atoms with Crippen LogP contribution in [0.1, 0.15) is 19.8 Å². The van der Waals surface area contributed by atoms with E-state index in [2.05, 4.69) is 28.6 Å². The number of piperidine rings is 1. The number of halogens is 1. The molecule has 2 unspecified atom stereocenters. The maximum absolute atomic E-state index is 12.6. The summed E-state index contributed by atoms with van der Waals surface area (Å²) >= 11 is 7.36. The van der Waals surface area contributed by atoms with Crippen LogP contribution in [0.4, 0.5) is 0 Å². The highest BCUT2D eigenvalue weighted by atomic mass is 35.5. The van der Waals surface area contributed by atoms with Gasteiger partial charge in [0.05, 0.1) is 0 Å². The Morgan fingerprint density at radius 1 is 1.52 bits per heavy atom. The number of hydrogen-bond donors (Lipinski definition) is 1. The Bertz CT molecular complexity index is 754. The second-order valence-corrected chi connectivity index (χ2v) is 8.30. The van der Waals surface area contributed by atoms with Crippen molar-refractivity contribution in [3.05, 3.63) is 16.7 Å². The summed E-state index contributed by atoms with van der Waals surface area (Å²) in [5.74, 6) is 0. The summed E-state index contributed by atoms with van der Waals surface area (Å²) in [5, 5.41) is 1.84. The van der Waals surface area contributed by atoms with Gasteiger partial charge in [-0.1, -0.05) is 11.6 Å². The van der Waals surface area contributed by atoms with Crippen molar-refractivity contribution in [2.75, 3.05) is 13.6 Å². The first-order valence-corrected chi connectivity index (χ1v) is 9.46. The van der Waals surface area contributed by atoms with Gasteiger partial charge in [-0.25, -0.2) is 18.1 Å². The van der Waals surface area contributed by atoms with Crippen molar-refractivity contribution >= 4 is 37.9 Å². The molecule has 2 atom stereocenters. The predicted molar refractivity (Wildman–Crippen MR) is 83.5 cm³/mol. The van der Waals surface area contributed by atoms with Crippen molar-refractivity contribution in [1.82, 2.24) is 19.0 Å². The molecule has 1 fully saturated rings. The predicted octanol–water partition coefficient (Wildman–Crippen LogP) is 1.81. The van der Waals surface area contributed by atoms with Crippen LogP contribution in [0.2, 0.25) is 5.15 Å². The Hall–Kier alpha value is -0.670. The van der Waals surface area contributed by atoms with Crippen LogP contribution in [0.5, 0.6) is 0 Å². The number of aromatic nitrogens is 2. The molecule has 0 spiro atoms. The third kappa shape index (κ3) is 2.83. The maximum Gasteiger partial charge on any atom is 0.260 e. The summed E-state index contributed by atoms with van der Waals surface area (Å²) in [5.41, 5.74) is 0. The Balaban J connectivity index is 1.87. The number of sulfonamides is 1. The lowest BCUT2D eigenvalue weighted by molar-refractivity contribution is 0.178. The van der Waals surface area contributed by atoms with Crippen molar-refractivity contribution in [3.63, 3.8) is 0 Å². The number of fused-ring (bicyclic) bond motifs is 1. The molecule has 3 heterocycles. The van der Waals surface area contributed by atoms with Crippen molar-refractivity contribution in [3.8, 4) is 0 Å². The summed E-state index contributed by atoms with van der Waals surface area (Å²) in [6, 6.07) is 0.287. The van der Waals surface area contributed by atoms with Gasteiger partial charge >= 0.3 is 0 Å². The van der Waals surface area contributed by atoms with Gasteiger partial charge in [0.15, 0.2) is 15.1 Å². The molecule has 9 heteroatoms. The van der Waals surface area contributed by atoms with E-state index in [0.29, 0.717) is 11.0 Å². The molecule has 2 aromatic heterocycles. The van der Waals surface area contributed by atoms with Crippen LogP contribution in [0.3, 0.4) is 0 Å². The topological polar surface area (TPSA) is 66.7 Å². The second-order valence-electron chi connectivity index (χ2n) is 5.44. The zero-order valence-corrected chi connectivity index (χ0v) is 14.2. The van der Waals surface area contributed by atoms with E-state index in [9.17, 15) is 8.42 Å². The van der Waals surface area contributed by atoms with E-state index >= 15 is 0 Å². The Labute approximate surface area is 132 Å². The standard InChI is InChI=1S/C12H17ClN4O2S2/c1-8-7-9(3-4-16(8)2)15-21(18,19)11-10(13)14-12-17(11)5-6-20-12/h5-6,8-9,15H,3-4,7H2,1-2H3. The number of likely N-dealkylation sites (tertiary alicyclic amines) is 1. The van der Waals surface area contributed by atoms with Gasteiger partial charge in [-0.3, -0.25) is 4.40 Å². The minimum atomic E-state index is -3.68. The quantitative estimate of drug-likeness (QED) is 0.918. The minimum absolute atomic E-state index is 0.0234. The van der Waals surface area contributed by atoms with Crippen LogP contribution in [0, 0.1) is 0 Å². The van der Waals surface area contributed by atoms with Crippen molar-refractivity contribution in [2.45, 2.75) is 36.9 Å². The normalized spacial score (nSPS) is 24.7. The zero-order valence-electron chi connectivity index (χ0n) is 11.8. The Morgan fingerprint density at radius 2 is 2.29 bits per heavy atom. The lowest BCUT2D eigenvalue weighted by atomic mass is 10.0. The summed E-state index contributed by atoms with van der Waals surface area (Å²) < 4.78 is 29.5. The number of imidazole rings is 1. The first-order valence-electron chi connectivity index (χ1n) is 6.72. The van der Waals surface area contributed by atoms with Crippen LogP contribution in [0.25, 0.3) is 4.96 Å². The third-order valence-corrected chi connectivity index (χ3v) is 6.64. The summed E-state index contributed by atoms with van der Waals surface area (Å²) in [6.07, 6.45) is 3.26. The highest BCUT2D eigenvalue weighted by molar-refractivity contribution is 7.89. The fraction of sp³-hybridized carbons (Fsp3) is 0.583. The van der Waals surface area contributed by atoms with Crippen molar-refractivity contribution in [1.29, 1.82) is 0 Å². The fourth-order valence-corrected chi connectivity index (χ4v) is 5.39. The largest absolute Gasteiger partial charge is 0.304 e. The molecule has 1 aliphatic heterocycles. The van der Waals surface area contributed by atoms with E-state index < -0.39 is 10.0 Å². The molecule has 21 heavy (non-hydrogen) atoms. The van der Waals surface area contributed by atoms with Crippen LogP contribution in [-0.2, 0) is 10.0 Å². The van der Waals surface area contributed by atoms with Crippen molar-refractivity contribution < 1.29 is 8.42 Å². The Morgan fingerprint density at radius 3 is 3.00 bits per heavy atom. The van der Waals surface area contributed by atoms with Gasteiger partial charge in [0.25, 0.3) is 10.0 Å². The molecule has 0 bridgehead atoms. The van der Waals surface area contributed by atoms with Crippen molar-refractivity contribution in [2.24, 2.45) is 0 Å². The molecule has 1 N–H and O–H groups in total. The first-order chi connectivity index (χ1) is 9.88. The lowest BCUT2D eigenvalue weighted by Crippen LogP contribution is -2.47. The molecule has 1 aliphatic rings. The van der Waals surface area contributed by atoms with Gasteiger partial charge in [-0.15, -0.1) is 11.3 Å². The molecule has 116 valence electrons. The molecule has 0 saturated carbocycles. The lowest BCUT2D eigenvalue weighted by Gasteiger charge is -2.35. The average molecular weight is 349 g/mol. The number of nitrogens with zero attached hydrogens (tertiary/aromatic N) is 3. The van der Waals surface area contributed by atoms with Crippen LogP contribution < -0.4 is 4.72 Å². The van der Waals surface area contributed by atoms with Crippen LogP contribution in [0.15, 0.2) is 16.6 Å². The number of nitrogens with one attached hydrogen (secondary N) is 1. The number of rotatable bonds is 3. The third-order valence-electron chi connectivity index (χ3n) is 3.96. The molecule has 0 amide bonds. The summed E-state index contributed by atoms with van der Waals surface area (Å²) in [7, 11) is -1.62. The van der Waals surface area contributed by atoms with E-state index in [4.69, 9.17) is 11.6 Å². The van der Waals surface area contributed by atoms with Gasteiger partial charge in [0, 0.05) is 23.7 Å². The van der Waals surface area contributed by atoms with Gasteiger partial charge in [0.2, 0.25) is 0 Å². The van der Waals surface area contributed by atoms with Gasteiger partial charge in [0.1, 0.15) is 0 Å². The molecule has 2 aromatic rings. The molecule has 0 radical (unpaired) electrons. The first kappa shape index (κ1) is 15.2. The SMILES string of the molecule is CC1CC(NS(=O)(=O)c2c(Cl)nc3sccn23)CCN1C. The van der Waals surface area contributed by atoms with Gasteiger partial charge in [-0.2, -0.15) is 0 Å². The molecular weight excluding hydrogens is 332 g/mol. The smallest absolute Gasteiger partial charge is 0.260 e. The molecular formula is C12H17ClN4O2S2.